The highest BCUT2D eigenvalue weighted by Gasteiger charge is 2.25. The Kier molecular flexibility index (Phi) is 3.81. The van der Waals surface area contributed by atoms with Crippen LogP contribution in [0.3, 0.4) is 0 Å². The normalized spacial score (nSPS) is 13.1. The van der Waals surface area contributed by atoms with Gasteiger partial charge in [0.05, 0.1) is 11.2 Å². The van der Waals surface area contributed by atoms with Crippen LogP contribution in [-0.4, -0.2) is 19.7 Å². The highest BCUT2D eigenvalue weighted by Crippen LogP contribution is 2.40. The standard InChI is InChI=1S/C24H18N4S/c1-2-11-25-19(5-1)24-23(21-6-3-13-28(21)27-24)18-10-12-26-20-15-16(8-9-17(18)20)22-7-4-14-29-22/h1-2,4-5,7-12,14-15H,3,6,13H2. The molecule has 6 rings (SSSR count). The quantitative estimate of drug-likeness (QED) is 0.386. The summed E-state index contributed by atoms with van der Waals surface area (Å²) in [7, 11) is 0. The van der Waals surface area contributed by atoms with Crippen molar-refractivity contribution in [2.75, 3.05) is 0 Å². The summed E-state index contributed by atoms with van der Waals surface area (Å²) in [6, 6.07) is 19.0. The minimum atomic E-state index is 0.921. The van der Waals surface area contributed by atoms with Crippen molar-refractivity contribution < 1.29 is 0 Å². The van der Waals surface area contributed by atoms with Crippen molar-refractivity contribution in [3.8, 4) is 33.0 Å². The largest absolute Gasteiger partial charge is 0.268 e. The van der Waals surface area contributed by atoms with Gasteiger partial charge in [0.1, 0.15) is 5.69 Å². The maximum Gasteiger partial charge on any atom is 0.119 e. The summed E-state index contributed by atoms with van der Waals surface area (Å²) in [6.07, 6.45) is 5.94. The molecule has 0 amide bonds. The minimum absolute atomic E-state index is 0.921. The molecule has 0 saturated heterocycles. The Morgan fingerprint density at radius 2 is 1.93 bits per heavy atom. The zero-order chi connectivity index (χ0) is 19.2. The monoisotopic (exact) mass is 394 g/mol. The zero-order valence-electron chi connectivity index (χ0n) is 15.7. The van der Waals surface area contributed by atoms with E-state index in [0.717, 1.165) is 41.7 Å². The number of pyridine rings is 2. The molecule has 0 N–H and O–H groups in total. The van der Waals surface area contributed by atoms with Crippen LogP contribution in [0.2, 0.25) is 0 Å². The highest BCUT2D eigenvalue weighted by atomic mass is 32.1. The van der Waals surface area contributed by atoms with E-state index in [1.54, 1.807) is 11.3 Å². The van der Waals surface area contributed by atoms with E-state index in [1.165, 1.54) is 27.3 Å². The van der Waals surface area contributed by atoms with E-state index in [9.17, 15) is 0 Å². The molecule has 1 aliphatic heterocycles. The van der Waals surface area contributed by atoms with Gasteiger partial charge in [0.15, 0.2) is 0 Å². The molecule has 29 heavy (non-hydrogen) atoms. The van der Waals surface area contributed by atoms with Crippen molar-refractivity contribution in [2.24, 2.45) is 0 Å². The number of rotatable bonds is 3. The Balaban J connectivity index is 1.59. The van der Waals surface area contributed by atoms with E-state index in [2.05, 4.69) is 56.4 Å². The predicted molar refractivity (Wildman–Crippen MR) is 118 cm³/mol. The van der Waals surface area contributed by atoms with Gasteiger partial charge in [-0.2, -0.15) is 5.10 Å². The van der Waals surface area contributed by atoms with Crippen LogP contribution in [0.5, 0.6) is 0 Å². The molecule has 0 aliphatic carbocycles. The van der Waals surface area contributed by atoms with Gasteiger partial charge in [-0.1, -0.05) is 24.3 Å². The fourth-order valence-electron chi connectivity index (χ4n) is 4.26. The van der Waals surface area contributed by atoms with E-state index in [1.807, 2.05) is 30.6 Å². The molecule has 0 saturated carbocycles. The molecule has 4 nitrogen and oxygen atoms in total. The molecule has 4 aromatic heterocycles. The number of aromatic nitrogens is 4. The number of fused-ring (bicyclic) bond motifs is 2. The molecule has 5 aromatic rings. The molecule has 0 atom stereocenters. The van der Waals surface area contributed by atoms with Crippen LogP contribution in [0.25, 0.3) is 43.9 Å². The molecule has 5 heteroatoms. The lowest BCUT2D eigenvalue weighted by Crippen LogP contribution is -1.94. The van der Waals surface area contributed by atoms with Crippen molar-refractivity contribution in [1.82, 2.24) is 19.7 Å². The molecular weight excluding hydrogens is 376 g/mol. The van der Waals surface area contributed by atoms with Crippen LogP contribution in [0.4, 0.5) is 0 Å². The molecular formula is C24H18N4S. The van der Waals surface area contributed by atoms with E-state index in [-0.39, 0.29) is 0 Å². The Morgan fingerprint density at radius 3 is 2.79 bits per heavy atom. The summed E-state index contributed by atoms with van der Waals surface area (Å²) in [5, 5.41) is 8.21. The summed E-state index contributed by atoms with van der Waals surface area (Å²) in [5.41, 5.74) is 7.81. The van der Waals surface area contributed by atoms with E-state index < -0.39 is 0 Å². The Bertz CT molecular complexity index is 1320. The number of nitrogens with zero attached hydrogens (tertiary/aromatic N) is 4. The number of benzene rings is 1. The first-order chi connectivity index (χ1) is 14.4. The molecule has 0 spiro atoms. The molecule has 1 aromatic carbocycles. The van der Waals surface area contributed by atoms with Crippen LogP contribution >= 0.6 is 11.3 Å². The first-order valence-electron chi connectivity index (χ1n) is 9.82. The molecule has 0 fully saturated rings. The number of hydrogen-bond donors (Lipinski definition) is 0. The SMILES string of the molecule is c1ccc(-c2nn3c(c2-c2ccnc4cc(-c5cccs5)ccc24)CCC3)nc1. The Labute approximate surface area is 172 Å². The Morgan fingerprint density at radius 1 is 0.931 bits per heavy atom. The third-order valence-corrected chi connectivity index (χ3v) is 6.49. The first-order valence-corrected chi connectivity index (χ1v) is 10.7. The maximum atomic E-state index is 4.94. The number of aryl methyl sites for hydroxylation is 1. The lowest BCUT2D eigenvalue weighted by atomic mass is 9.96. The summed E-state index contributed by atoms with van der Waals surface area (Å²) >= 11 is 1.75. The lowest BCUT2D eigenvalue weighted by molar-refractivity contribution is 0.658. The van der Waals surface area contributed by atoms with E-state index >= 15 is 0 Å². The van der Waals surface area contributed by atoms with Crippen LogP contribution in [0, 0.1) is 0 Å². The summed E-state index contributed by atoms with van der Waals surface area (Å²) in [5.74, 6) is 0. The number of thiophene rings is 1. The van der Waals surface area contributed by atoms with Gasteiger partial charge in [-0.25, -0.2) is 0 Å². The van der Waals surface area contributed by atoms with Crippen molar-refractivity contribution in [2.45, 2.75) is 19.4 Å². The number of hydrogen-bond acceptors (Lipinski definition) is 4. The van der Waals surface area contributed by atoms with Crippen LogP contribution in [0.15, 0.2) is 72.4 Å². The average Bonchev–Trinajstić information content (AvgIpc) is 3.51. The second-order valence-corrected chi connectivity index (χ2v) is 8.23. The molecule has 5 heterocycles. The zero-order valence-corrected chi connectivity index (χ0v) is 16.6. The van der Waals surface area contributed by atoms with Crippen LogP contribution in [0.1, 0.15) is 12.1 Å². The third-order valence-electron chi connectivity index (χ3n) is 5.57. The molecule has 1 aliphatic rings. The van der Waals surface area contributed by atoms with Gasteiger partial charge in [0, 0.05) is 40.5 Å². The minimum Gasteiger partial charge on any atom is -0.268 e. The molecule has 0 bridgehead atoms. The lowest BCUT2D eigenvalue weighted by Gasteiger charge is -2.10. The molecule has 0 unspecified atom stereocenters. The van der Waals surface area contributed by atoms with E-state index in [4.69, 9.17) is 5.10 Å². The highest BCUT2D eigenvalue weighted by molar-refractivity contribution is 7.13. The Hall–Kier alpha value is -3.31. The topological polar surface area (TPSA) is 43.6 Å². The first kappa shape index (κ1) is 16.6. The van der Waals surface area contributed by atoms with Crippen molar-refractivity contribution >= 4 is 22.2 Å². The second-order valence-electron chi connectivity index (χ2n) is 7.28. The molecule has 0 radical (unpaired) electrons. The van der Waals surface area contributed by atoms with Gasteiger partial charge in [-0.3, -0.25) is 14.6 Å². The fraction of sp³-hybridized carbons (Fsp3) is 0.125. The van der Waals surface area contributed by atoms with Gasteiger partial charge in [0.2, 0.25) is 0 Å². The third kappa shape index (κ3) is 2.69. The molecule has 140 valence electrons. The van der Waals surface area contributed by atoms with Gasteiger partial charge in [-0.15, -0.1) is 11.3 Å². The summed E-state index contributed by atoms with van der Waals surface area (Å²) < 4.78 is 2.16. The van der Waals surface area contributed by atoms with Gasteiger partial charge in [-0.05, 0) is 59.7 Å². The van der Waals surface area contributed by atoms with Gasteiger partial charge < -0.3 is 0 Å². The average molecular weight is 395 g/mol. The second kappa shape index (κ2) is 6.64. The van der Waals surface area contributed by atoms with Gasteiger partial charge in [0.25, 0.3) is 0 Å². The van der Waals surface area contributed by atoms with Gasteiger partial charge >= 0.3 is 0 Å². The van der Waals surface area contributed by atoms with Crippen LogP contribution in [-0.2, 0) is 13.0 Å². The smallest absolute Gasteiger partial charge is 0.119 e. The fourth-order valence-corrected chi connectivity index (χ4v) is 4.98. The van der Waals surface area contributed by atoms with Crippen molar-refractivity contribution in [3.05, 3.63) is 78.1 Å². The van der Waals surface area contributed by atoms with E-state index in [0.29, 0.717) is 0 Å². The van der Waals surface area contributed by atoms with Crippen LogP contribution < -0.4 is 0 Å². The van der Waals surface area contributed by atoms with Crippen molar-refractivity contribution in [3.63, 3.8) is 0 Å². The predicted octanol–water partition coefficient (Wildman–Crippen LogP) is 5.84. The summed E-state index contributed by atoms with van der Waals surface area (Å²) in [4.78, 5) is 10.5. The maximum absolute atomic E-state index is 4.94. The summed E-state index contributed by atoms with van der Waals surface area (Å²) in [6.45, 7) is 0.973. The van der Waals surface area contributed by atoms with Crippen molar-refractivity contribution in [1.29, 1.82) is 0 Å².